The molecule has 0 aliphatic carbocycles. The van der Waals surface area contributed by atoms with E-state index in [9.17, 15) is 14.4 Å². The third kappa shape index (κ3) is 5.52. The molecule has 12 heteroatoms. The molecule has 3 aromatic carbocycles. The molecule has 0 bridgehead atoms. The van der Waals surface area contributed by atoms with Crippen molar-refractivity contribution in [1.29, 1.82) is 5.26 Å². The van der Waals surface area contributed by atoms with Crippen molar-refractivity contribution in [3.8, 4) is 28.8 Å². The van der Waals surface area contributed by atoms with E-state index in [1.54, 1.807) is 19.2 Å². The van der Waals surface area contributed by atoms with E-state index in [1.807, 2.05) is 64.4 Å². The van der Waals surface area contributed by atoms with Crippen LogP contribution in [0.2, 0.25) is 0 Å². The summed E-state index contributed by atoms with van der Waals surface area (Å²) in [5.41, 5.74) is 6.47. The standard InChI is InChI=1S/C37H34N8O4/c1-42-36(48)49-34(41-42)28-8-6-25(7-9-28)26-12-16-44(17-13-26)32(46)22-43-18-14-37(23-43)15-19-45(35(37)47)29-10-11-31-30(20-29)33(40-39-31)27-4-2-24(21-38)3-5-27/h2-12,20H,13-19,22-23H2,1H3,(H,39,40)/t37-/m0/s1. The van der Waals surface area contributed by atoms with Crippen LogP contribution in [0.3, 0.4) is 0 Å². The molecule has 12 nitrogen and oxygen atoms in total. The van der Waals surface area contributed by atoms with Crippen molar-refractivity contribution in [2.75, 3.05) is 44.2 Å². The van der Waals surface area contributed by atoms with Gasteiger partial charge in [0.1, 0.15) is 0 Å². The zero-order chi connectivity index (χ0) is 33.7. The molecule has 2 aromatic heterocycles. The second-order valence-electron chi connectivity index (χ2n) is 13.1. The molecule has 3 aliphatic rings. The van der Waals surface area contributed by atoms with E-state index in [2.05, 4.69) is 32.3 Å². The van der Waals surface area contributed by atoms with Gasteiger partial charge in [-0.25, -0.2) is 4.79 Å². The Morgan fingerprint density at radius 1 is 0.980 bits per heavy atom. The Morgan fingerprint density at radius 2 is 1.73 bits per heavy atom. The van der Waals surface area contributed by atoms with Crippen LogP contribution in [0.4, 0.5) is 5.69 Å². The third-order valence-electron chi connectivity index (χ3n) is 10.2. The quantitative estimate of drug-likeness (QED) is 0.287. The van der Waals surface area contributed by atoms with Crippen molar-refractivity contribution in [1.82, 2.24) is 29.8 Å². The van der Waals surface area contributed by atoms with Gasteiger partial charge in [0.25, 0.3) is 0 Å². The molecule has 1 N–H and O–H groups in total. The van der Waals surface area contributed by atoms with E-state index < -0.39 is 11.2 Å². The number of carbonyl (C=O) groups is 2. The Kier molecular flexibility index (Phi) is 7.49. The monoisotopic (exact) mass is 654 g/mol. The van der Waals surface area contributed by atoms with Crippen molar-refractivity contribution in [2.45, 2.75) is 19.3 Å². The van der Waals surface area contributed by atoms with Crippen LogP contribution in [0, 0.1) is 16.7 Å². The lowest BCUT2D eigenvalue weighted by molar-refractivity contribution is -0.132. The van der Waals surface area contributed by atoms with Gasteiger partial charge in [0.2, 0.25) is 17.7 Å². The Hall–Kier alpha value is -5.80. The first-order valence-electron chi connectivity index (χ1n) is 16.4. The van der Waals surface area contributed by atoms with Crippen molar-refractivity contribution < 1.29 is 14.0 Å². The lowest BCUT2D eigenvalue weighted by atomic mass is 9.85. The highest BCUT2D eigenvalue weighted by atomic mass is 16.4. The van der Waals surface area contributed by atoms with Gasteiger partial charge < -0.3 is 14.2 Å². The minimum atomic E-state index is -0.501. The summed E-state index contributed by atoms with van der Waals surface area (Å²) in [4.78, 5) is 44.9. The summed E-state index contributed by atoms with van der Waals surface area (Å²) in [6, 6.07) is 23.2. The Morgan fingerprint density at radius 3 is 2.45 bits per heavy atom. The number of aryl methyl sites for hydroxylation is 1. The van der Waals surface area contributed by atoms with Crippen molar-refractivity contribution in [2.24, 2.45) is 12.5 Å². The Labute approximate surface area is 281 Å². The number of likely N-dealkylation sites (tertiary alicyclic amines) is 1. The van der Waals surface area contributed by atoms with Crippen molar-refractivity contribution in [3.63, 3.8) is 0 Å². The number of benzene rings is 3. The summed E-state index contributed by atoms with van der Waals surface area (Å²) in [5, 5.41) is 21.8. The predicted molar refractivity (Wildman–Crippen MR) is 183 cm³/mol. The number of carbonyl (C=O) groups excluding carboxylic acids is 2. The zero-order valence-corrected chi connectivity index (χ0v) is 27.1. The van der Waals surface area contributed by atoms with Gasteiger partial charge >= 0.3 is 5.76 Å². The van der Waals surface area contributed by atoms with Gasteiger partial charge in [-0.15, -0.1) is 5.10 Å². The van der Waals surface area contributed by atoms with E-state index in [4.69, 9.17) is 9.68 Å². The smallest absolute Gasteiger partial charge is 0.388 e. The van der Waals surface area contributed by atoms with Crippen LogP contribution in [-0.4, -0.2) is 80.9 Å². The number of aromatic nitrogens is 4. The van der Waals surface area contributed by atoms with Crippen molar-refractivity contribution >= 4 is 34.0 Å². The number of rotatable bonds is 6. The van der Waals surface area contributed by atoms with Gasteiger partial charge in [0.15, 0.2) is 0 Å². The number of nitrogens with zero attached hydrogens (tertiary/aromatic N) is 7. The Bertz CT molecular complexity index is 2220. The van der Waals surface area contributed by atoms with Crippen molar-refractivity contribution in [3.05, 3.63) is 94.5 Å². The summed E-state index contributed by atoms with van der Waals surface area (Å²) >= 11 is 0. The zero-order valence-electron chi connectivity index (χ0n) is 27.1. The average Bonchev–Trinajstić information content (AvgIpc) is 3.91. The molecule has 1 atom stereocenters. The molecule has 0 unspecified atom stereocenters. The van der Waals surface area contributed by atoms with Gasteiger partial charge in [-0.2, -0.15) is 15.0 Å². The summed E-state index contributed by atoms with van der Waals surface area (Å²) in [6.07, 6.45) is 4.34. The van der Waals surface area contributed by atoms with Gasteiger partial charge in [0.05, 0.1) is 34.8 Å². The molecule has 2 fully saturated rings. The largest absolute Gasteiger partial charge is 0.437 e. The Balaban J connectivity index is 0.893. The molecule has 8 rings (SSSR count). The molecule has 0 saturated carbocycles. The summed E-state index contributed by atoms with van der Waals surface area (Å²) < 4.78 is 6.35. The van der Waals surface area contributed by atoms with Gasteiger partial charge in [-0.1, -0.05) is 30.3 Å². The lowest BCUT2D eigenvalue weighted by Gasteiger charge is -2.29. The molecule has 246 valence electrons. The number of anilines is 1. The minimum absolute atomic E-state index is 0.0796. The number of amides is 2. The fraction of sp³-hybridized carbons (Fsp3) is 0.297. The molecular weight excluding hydrogens is 620 g/mol. The van der Waals surface area contributed by atoms with E-state index in [0.717, 1.165) is 58.2 Å². The first-order valence-corrected chi connectivity index (χ1v) is 16.4. The molecule has 5 heterocycles. The number of nitrogens with one attached hydrogen (secondary N) is 1. The van der Waals surface area contributed by atoms with Crippen LogP contribution >= 0.6 is 0 Å². The minimum Gasteiger partial charge on any atom is -0.388 e. The number of nitriles is 1. The topological polar surface area (TPSA) is 144 Å². The van der Waals surface area contributed by atoms with Crippen LogP contribution < -0.4 is 10.7 Å². The van der Waals surface area contributed by atoms with E-state index in [1.165, 1.54) is 10.3 Å². The number of aromatic amines is 1. The highest BCUT2D eigenvalue weighted by Gasteiger charge is 2.51. The highest BCUT2D eigenvalue weighted by molar-refractivity contribution is 6.03. The van der Waals surface area contributed by atoms with Crippen LogP contribution in [-0.2, 0) is 16.6 Å². The summed E-state index contributed by atoms with van der Waals surface area (Å²) in [5.74, 6) is -0.0167. The predicted octanol–water partition coefficient (Wildman–Crippen LogP) is 4.20. The summed E-state index contributed by atoms with van der Waals surface area (Å²) in [6.45, 7) is 3.40. The van der Waals surface area contributed by atoms with Gasteiger partial charge in [-0.05, 0) is 79.4 Å². The van der Waals surface area contributed by atoms with E-state index >= 15 is 0 Å². The average molecular weight is 655 g/mol. The van der Waals surface area contributed by atoms with Crippen LogP contribution in [0.1, 0.15) is 30.4 Å². The maximum absolute atomic E-state index is 14.0. The SMILES string of the molecule is Cn1nc(-c2ccc(C3=CCN(C(=O)CN4CC[C@]5(CCN(c6ccc7[nH]nc(-c8ccc(C#N)cc8)c7c6)C5=O)C4)CC3)cc2)oc1=O. The highest BCUT2D eigenvalue weighted by Crippen LogP contribution is 2.43. The van der Waals surface area contributed by atoms with Gasteiger partial charge in [-0.3, -0.25) is 19.6 Å². The first kappa shape index (κ1) is 30.5. The molecule has 3 aliphatic heterocycles. The number of hydrogen-bond donors (Lipinski definition) is 1. The normalized spacial score (nSPS) is 19.6. The number of H-pyrrole nitrogens is 1. The van der Waals surface area contributed by atoms with E-state index in [-0.39, 0.29) is 17.7 Å². The molecule has 5 aromatic rings. The second kappa shape index (κ2) is 12.0. The maximum atomic E-state index is 14.0. The van der Waals surface area contributed by atoms with Crippen LogP contribution in [0.25, 0.3) is 39.2 Å². The fourth-order valence-electron chi connectivity index (χ4n) is 7.37. The molecule has 49 heavy (non-hydrogen) atoms. The number of hydrogen-bond acceptors (Lipinski definition) is 8. The van der Waals surface area contributed by atoms with Crippen LogP contribution in [0.15, 0.2) is 82.0 Å². The lowest BCUT2D eigenvalue weighted by Crippen LogP contribution is -2.43. The maximum Gasteiger partial charge on any atom is 0.437 e. The third-order valence-corrected chi connectivity index (χ3v) is 10.2. The molecular formula is C37H34N8O4. The number of fused-ring (bicyclic) bond motifs is 1. The molecule has 0 radical (unpaired) electrons. The second-order valence-corrected chi connectivity index (χ2v) is 13.1. The summed E-state index contributed by atoms with van der Waals surface area (Å²) in [7, 11) is 1.55. The molecule has 2 saturated heterocycles. The van der Waals surface area contributed by atoms with E-state index in [0.29, 0.717) is 44.8 Å². The molecule has 1 spiro atoms. The van der Waals surface area contributed by atoms with Crippen LogP contribution in [0.5, 0.6) is 0 Å². The molecule has 2 amide bonds. The first-order chi connectivity index (χ1) is 23.8. The fourth-order valence-corrected chi connectivity index (χ4v) is 7.37. The van der Waals surface area contributed by atoms with Gasteiger partial charge in [0, 0.05) is 55.4 Å².